The maximum atomic E-state index is 11.4. The third-order valence-corrected chi connectivity index (χ3v) is 3.81. The third kappa shape index (κ3) is 2.16. The Hall–Kier alpha value is -2.05. The van der Waals surface area contributed by atoms with Crippen molar-refractivity contribution in [3.05, 3.63) is 34.2 Å². The molecule has 0 spiro atoms. The van der Waals surface area contributed by atoms with Crippen LogP contribution in [0.5, 0.6) is 11.5 Å². The van der Waals surface area contributed by atoms with Crippen LogP contribution in [0.4, 0.5) is 0 Å². The largest absolute Gasteiger partial charge is 0.493 e. The fourth-order valence-electron chi connectivity index (χ4n) is 2.52. The van der Waals surface area contributed by atoms with E-state index in [2.05, 4.69) is 0 Å². The molecule has 1 unspecified atom stereocenters. The predicted octanol–water partition coefficient (Wildman–Crippen LogP) is 0.848. The average Bonchev–Trinajstić information content (AvgIpc) is 2.93. The Morgan fingerprint density at radius 1 is 1.48 bits per heavy atom. The molecule has 0 amide bonds. The number of ether oxygens (including phenoxy) is 2. The molecular formula is C15H16O6. The van der Waals surface area contributed by atoms with Gasteiger partial charge in [-0.05, 0) is 19.1 Å². The second-order valence-corrected chi connectivity index (χ2v) is 5.39. The summed E-state index contributed by atoms with van der Waals surface area (Å²) in [5.41, 5.74) is -0.756. The Kier molecular flexibility index (Phi) is 3.15. The number of aliphatic hydroxyl groups is 2. The fraction of sp³-hybridized carbons (Fsp3) is 0.400. The van der Waals surface area contributed by atoms with Crippen LogP contribution in [-0.4, -0.2) is 35.6 Å². The van der Waals surface area contributed by atoms with Crippen molar-refractivity contribution in [1.82, 2.24) is 0 Å². The molecule has 2 N–H and O–H groups in total. The Labute approximate surface area is 120 Å². The molecule has 0 radical (unpaired) electrons. The van der Waals surface area contributed by atoms with Crippen molar-refractivity contribution in [3.63, 3.8) is 0 Å². The standard InChI is InChI=1S/C15H16O6/c1-15(18,7-16)11-6-9-13-8(3-4-12(17)21-13)5-10(19-2)14(9)20-11/h3-5,11,16,18H,6-7H2,1-2H3/t11-,15?/m1/s1. The molecule has 21 heavy (non-hydrogen) atoms. The molecule has 0 saturated carbocycles. The van der Waals surface area contributed by atoms with Crippen LogP contribution < -0.4 is 15.1 Å². The van der Waals surface area contributed by atoms with Crippen LogP contribution in [0.1, 0.15) is 12.5 Å². The molecule has 2 heterocycles. The Morgan fingerprint density at radius 2 is 2.24 bits per heavy atom. The summed E-state index contributed by atoms with van der Waals surface area (Å²) in [4.78, 5) is 11.4. The van der Waals surface area contributed by atoms with Gasteiger partial charge in [0.1, 0.15) is 17.3 Å². The Bertz CT molecular complexity index is 746. The predicted molar refractivity (Wildman–Crippen MR) is 74.9 cm³/mol. The van der Waals surface area contributed by atoms with Crippen molar-refractivity contribution < 1.29 is 24.1 Å². The van der Waals surface area contributed by atoms with E-state index in [1.54, 1.807) is 12.1 Å². The first kappa shape index (κ1) is 13.9. The molecule has 2 aromatic rings. The number of hydrogen-bond acceptors (Lipinski definition) is 6. The number of benzene rings is 1. The first-order valence-electron chi connectivity index (χ1n) is 6.60. The van der Waals surface area contributed by atoms with Gasteiger partial charge in [0.2, 0.25) is 0 Å². The number of aliphatic hydroxyl groups excluding tert-OH is 1. The van der Waals surface area contributed by atoms with Crippen LogP contribution in [0.2, 0.25) is 0 Å². The highest BCUT2D eigenvalue weighted by Gasteiger charge is 2.40. The van der Waals surface area contributed by atoms with Crippen molar-refractivity contribution in [2.75, 3.05) is 13.7 Å². The van der Waals surface area contributed by atoms with E-state index in [0.29, 0.717) is 29.1 Å². The molecule has 6 heteroatoms. The van der Waals surface area contributed by atoms with Gasteiger partial charge in [-0.1, -0.05) is 0 Å². The van der Waals surface area contributed by atoms with E-state index in [1.807, 2.05) is 0 Å². The summed E-state index contributed by atoms with van der Waals surface area (Å²) >= 11 is 0. The molecule has 0 aliphatic carbocycles. The Morgan fingerprint density at radius 3 is 2.90 bits per heavy atom. The third-order valence-electron chi connectivity index (χ3n) is 3.81. The lowest BCUT2D eigenvalue weighted by Crippen LogP contribution is -2.45. The van der Waals surface area contributed by atoms with Gasteiger partial charge in [-0.25, -0.2) is 4.79 Å². The first-order chi connectivity index (χ1) is 9.96. The maximum Gasteiger partial charge on any atom is 0.336 e. The molecule has 6 nitrogen and oxygen atoms in total. The van der Waals surface area contributed by atoms with Gasteiger partial charge >= 0.3 is 5.63 Å². The lowest BCUT2D eigenvalue weighted by molar-refractivity contribution is -0.0733. The summed E-state index contributed by atoms with van der Waals surface area (Å²) in [6.07, 6.45) is -0.314. The van der Waals surface area contributed by atoms with Gasteiger partial charge in [-0.2, -0.15) is 0 Å². The topological polar surface area (TPSA) is 89.1 Å². The summed E-state index contributed by atoms with van der Waals surface area (Å²) < 4.78 is 16.3. The van der Waals surface area contributed by atoms with Crippen molar-refractivity contribution in [1.29, 1.82) is 0 Å². The Balaban J connectivity index is 2.19. The quantitative estimate of drug-likeness (QED) is 0.815. The van der Waals surface area contributed by atoms with Gasteiger partial charge in [0.25, 0.3) is 0 Å². The zero-order chi connectivity index (χ0) is 15.2. The molecule has 1 aliphatic rings. The molecule has 1 aliphatic heterocycles. The van der Waals surface area contributed by atoms with Crippen LogP contribution in [0.3, 0.4) is 0 Å². The second kappa shape index (κ2) is 4.75. The zero-order valence-corrected chi connectivity index (χ0v) is 11.8. The monoisotopic (exact) mass is 292 g/mol. The van der Waals surface area contributed by atoms with E-state index in [0.717, 1.165) is 5.39 Å². The van der Waals surface area contributed by atoms with E-state index in [9.17, 15) is 15.0 Å². The minimum absolute atomic E-state index is 0.323. The molecule has 0 fully saturated rings. The maximum absolute atomic E-state index is 11.4. The highest BCUT2D eigenvalue weighted by Crippen LogP contribution is 2.44. The second-order valence-electron chi connectivity index (χ2n) is 5.39. The van der Waals surface area contributed by atoms with Crippen LogP contribution in [0, 0.1) is 0 Å². The molecule has 0 bridgehead atoms. The highest BCUT2D eigenvalue weighted by molar-refractivity contribution is 5.85. The van der Waals surface area contributed by atoms with Gasteiger partial charge < -0.3 is 24.1 Å². The normalized spacial score (nSPS) is 19.9. The van der Waals surface area contributed by atoms with Crippen LogP contribution in [0.15, 0.2) is 27.4 Å². The van der Waals surface area contributed by atoms with Gasteiger partial charge in [0, 0.05) is 23.4 Å². The van der Waals surface area contributed by atoms with Gasteiger partial charge in [-0.3, -0.25) is 0 Å². The van der Waals surface area contributed by atoms with E-state index in [4.69, 9.17) is 13.9 Å². The van der Waals surface area contributed by atoms with Gasteiger partial charge in [0.15, 0.2) is 11.5 Å². The lowest BCUT2D eigenvalue weighted by Gasteiger charge is -2.27. The minimum Gasteiger partial charge on any atom is -0.493 e. The number of methoxy groups -OCH3 is 1. The molecular weight excluding hydrogens is 276 g/mol. The van der Waals surface area contributed by atoms with Gasteiger partial charge in [0.05, 0.1) is 13.7 Å². The van der Waals surface area contributed by atoms with E-state index < -0.39 is 23.9 Å². The van der Waals surface area contributed by atoms with Crippen LogP contribution in [0.25, 0.3) is 11.0 Å². The minimum atomic E-state index is -1.40. The van der Waals surface area contributed by atoms with E-state index in [-0.39, 0.29) is 0 Å². The molecule has 112 valence electrons. The van der Waals surface area contributed by atoms with Crippen molar-refractivity contribution in [2.24, 2.45) is 0 Å². The molecule has 1 aromatic heterocycles. The van der Waals surface area contributed by atoms with Crippen LogP contribution >= 0.6 is 0 Å². The van der Waals surface area contributed by atoms with Crippen molar-refractivity contribution in [3.8, 4) is 11.5 Å². The van der Waals surface area contributed by atoms with Crippen molar-refractivity contribution >= 4 is 11.0 Å². The van der Waals surface area contributed by atoms with Crippen molar-refractivity contribution in [2.45, 2.75) is 25.0 Å². The number of rotatable bonds is 3. The van der Waals surface area contributed by atoms with Crippen LogP contribution in [-0.2, 0) is 6.42 Å². The fourth-order valence-corrected chi connectivity index (χ4v) is 2.52. The number of fused-ring (bicyclic) bond motifs is 3. The summed E-state index contributed by atoms with van der Waals surface area (Å²) in [6, 6.07) is 4.71. The first-order valence-corrected chi connectivity index (χ1v) is 6.60. The lowest BCUT2D eigenvalue weighted by atomic mass is 9.95. The number of hydrogen-bond donors (Lipinski definition) is 2. The molecule has 1 aromatic carbocycles. The molecule has 0 saturated heterocycles. The smallest absolute Gasteiger partial charge is 0.336 e. The van der Waals surface area contributed by atoms with E-state index in [1.165, 1.54) is 20.1 Å². The zero-order valence-electron chi connectivity index (χ0n) is 11.8. The summed E-state index contributed by atoms with van der Waals surface area (Å²) in [7, 11) is 1.52. The summed E-state index contributed by atoms with van der Waals surface area (Å²) in [5.74, 6) is 0.945. The van der Waals surface area contributed by atoms with E-state index >= 15 is 0 Å². The summed E-state index contributed by atoms with van der Waals surface area (Å²) in [6.45, 7) is 1.06. The van der Waals surface area contributed by atoms with Gasteiger partial charge in [-0.15, -0.1) is 0 Å². The molecule has 3 rings (SSSR count). The average molecular weight is 292 g/mol. The highest BCUT2D eigenvalue weighted by atomic mass is 16.5. The SMILES string of the molecule is COc1cc2ccc(=O)oc2c2c1O[C@@H](C(C)(O)CO)C2. The molecule has 2 atom stereocenters. The summed E-state index contributed by atoms with van der Waals surface area (Å²) in [5, 5.41) is 20.2.